The fourth-order valence-corrected chi connectivity index (χ4v) is 2.65. The molecule has 1 atom stereocenters. The zero-order valence-corrected chi connectivity index (χ0v) is 10.8. The summed E-state index contributed by atoms with van der Waals surface area (Å²) in [6.45, 7) is 1.28. The zero-order valence-electron chi connectivity index (χ0n) is 10.8. The third kappa shape index (κ3) is 1.66. The number of benzene rings is 1. The molecule has 1 spiro atoms. The van der Waals surface area contributed by atoms with Crippen LogP contribution < -0.4 is 0 Å². The van der Waals surface area contributed by atoms with Crippen molar-refractivity contribution in [2.75, 3.05) is 0 Å². The molecule has 2 aliphatic rings. The minimum atomic E-state index is -1.58. The lowest BCUT2D eigenvalue weighted by atomic mass is 9.89. The van der Waals surface area contributed by atoms with Crippen LogP contribution in [0.2, 0.25) is 0 Å². The highest BCUT2D eigenvalue weighted by Crippen LogP contribution is 2.39. The monoisotopic (exact) mass is 272 g/mol. The summed E-state index contributed by atoms with van der Waals surface area (Å²) in [5.74, 6) is -1.22. The molecule has 1 heterocycles. The van der Waals surface area contributed by atoms with E-state index in [1.54, 1.807) is 24.3 Å². The van der Waals surface area contributed by atoms with E-state index in [2.05, 4.69) is 0 Å². The van der Waals surface area contributed by atoms with E-state index in [1.165, 1.54) is 19.3 Å². The Hall–Kier alpha value is -2.43. The molecule has 0 N–H and O–H groups in total. The Bertz CT molecular complexity index is 608. The molecule has 0 saturated carbocycles. The van der Waals surface area contributed by atoms with Crippen molar-refractivity contribution in [1.29, 1.82) is 0 Å². The fraction of sp³-hybridized carbons (Fsp3) is 0.267. The molecule has 0 fully saturated rings. The van der Waals surface area contributed by atoms with E-state index in [9.17, 15) is 14.4 Å². The maximum atomic E-state index is 12.5. The summed E-state index contributed by atoms with van der Waals surface area (Å²) in [5.41, 5.74) is -0.873. The van der Waals surface area contributed by atoms with E-state index in [0.717, 1.165) is 0 Å². The van der Waals surface area contributed by atoms with Crippen molar-refractivity contribution in [2.24, 2.45) is 0 Å². The molecule has 3 rings (SSSR count). The van der Waals surface area contributed by atoms with Gasteiger partial charge in [0.2, 0.25) is 17.2 Å². The van der Waals surface area contributed by atoms with Gasteiger partial charge in [0, 0.05) is 24.5 Å². The van der Waals surface area contributed by atoms with Gasteiger partial charge in [-0.3, -0.25) is 14.4 Å². The molecule has 5 nitrogen and oxygen atoms in total. The summed E-state index contributed by atoms with van der Waals surface area (Å²) >= 11 is 0. The van der Waals surface area contributed by atoms with Gasteiger partial charge >= 0.3 is 5.97 Å². The molecule has 0 bridgehead atoms. The van der Waals surface area contributed by atoms with Crippen LogP contribution in [0.25, 0.3) is 0 Å². The second-order valence-electron chi connectivity index (χ2n) is 4.83. The molecule has 1 aromatic rings. The summed E-state index contributed by atoms with van der Waals surface area (Å²) in [7, 11) is 0. The number of Topliss-reactive ketones (excluding diaryl/α,β-unsaturated/α-hetero) is 2. The highest BCUT2D eigenvalue weighted by atomic mass is 16.6. The van der Waals surface area contributed by atoms with Gasteiger partial charge in [-0.05, 0) is 6.08 Å². The summed E-state index contributed by atoms with van der Waals surface area (Å²) in [6.07, 6.45) is 2.16. The second-order valence-corrected chi connectivity index (χ2v) is 4.83. The van der Waals surface area contributed by atoms with Crippen LogP contribution in [0.3, 0.4) is 0 Å². The Labute approximate surface area is 115 Å². The van der Waals surface area contributed by atoms with Gasteiger partial charge in [0.1, 0.15) is 6.10 Å². The van der Waals surface area contributed by atoms with Crippen molar-refractivity contribution in [1.82, 2.24) is 0 Å². The van der Waals surface area contributed by atoms with Crippen molar-refractivity contribution >= 4 is 17.5 Å². The molecule has 0 saturated heterocycles. The normalized spacial score (nSPS) is 22.6. The molecule has 1 aliphatic carbocycles. The molecular weight excluding hydrogens is 260 g/mol. The Morgan fingerprint density at radius 3 is 2.40 bits per heavy atom. The van der Waals surface area contributed by atoms with Crippen LogP contribution in [0.5, 0.6) is 0 Å². The van der Waals surface area contributed by atoms with Crippen molar-refractivity contribution in [3.8, 4) is 0 Å². The molecule has 1 aliphatic heterocycles. The highest BCUT2D eigenvalue weighted by molar-refractivity contribution is 6.32. The molecule has 0 amide bonds. The maximum absolute atomic E-state index is 12.5. The van der Waals surface area contributed by atoms with Crippen LogP contribution in [-0.2, 0) is 14.3 Å². The first-order valence-electron chi connectivity index (χ1n) is 6.25. The van der Waals surface area contributed by atoms with Gasteiger partial charge in [0.25, 0.3) is 0 Å². The zero-order chi connectivity index (χ0) is 14.3. The van der Waals surface area contributed by atoms with E-state index in [4.69, 9.17) is 9.47 Å². The first-order chi connectivity index (χ1) is 9.54. The summed E-state index contributed by atoms with van der Waals surface area (Å²) < 4.78 is 10.4. The number of ketones is 2. The maximum Gasteiger partial charge on any atom is 0.303 e. The summed E-state index contributed by atoms with van der Waals surface area (Å²) in [4.78, 5) is 36.0. The van der Waals surface area contributed by atoms with Crippen LogP contribution >= 0.6 is 0 Å². The van der Waals surface area contributed by atoms with Gasteiger partial charge < -0.3 is 9.47 Å². The highest BCUT2D eigenvalue weighted by Gasteiger charge is 2.57. The van der Waals surface area contributed by atoms with Gasteiger partial charge in [0.05, 0.1) is 6.26 Å². The minimum absolute atomic E-state index is 0.00935. The molecule has 20 heavy (non-hydrogen) atoms. The number of hydrogen-bond acceptors (Lipinski definition) is 5. The third-order valence-corrected chi connectivity index (χ3v) is 3.52. The Morgan fingerprint density at radius 2 is 1.85 bits per heavy atom. The van der Waals surface area contributed by atoms with Crippen LogP contribution in [0.1, 0.15) is 34.1 Å². The van der Waals surface area contributed by atoms with Crippen molar-refractivity contribution in [3.63, 3.8) is 0 Å². The third-order valence-electron chi connectivity index (χ3n) is 3.52. The first-order valence-corrected chi connectivity index (χ1v) is 6.25. The lowest BCUT2D eigenvalue weighted by Crippen LogP contribution is -2.48. The van der Waals surface area contributed by atoms with Crippen molar-refractivity contribution in [3.05, 3.63) is 47.7 Å². The molecule has 0 radical (unpaired) electrons. The number of carbonyl (C=O) groups excluding carboxylic acids is 3. The topological polar surface area (TPSA) is 69.7 Å². The van der Waals surface area contributed by atoms with Crippen LogP contribution in [-0.4, -0.2) is 29.2 Å². The predicted molar refractivity (Wildman–Crippen MR) is 68.2 cm³/mol. The SMILES string of the molecule is CC(=O)OC1C=COC2(C1)C(=O)c1ccccc1C2=O. The lowest BCUT2D eigenvalue weighted by Gasteiger charge is -2.31. The smallest absolute Gasteiger partial charge is 0.303 e. The van der Waals surface area contributed by atoms with Gasteiger partial charge in [0.15, 0.2) is 0 Å². The van der Waals surface area contributed by atoms with Gasteiger partial charge in [-0.25, -0.2) is 0 Å². The number of esters is 1. The lowest BCUT2D eigenvalue weighted by molar-refractivity contribution is -0.146. The van der Waals surface area contributed by atoms with Crippen LogP contribution in [0.15, 0.2) is 36.6 Å². The number of hydrogen-bond donors (Lipinski definition) is 0. The van der Waals surface area contributed by atoms with E-state index in [1.807, 2.05) is 0 Å². The minimum Gasteiger partial charge on any atom is -0.478 e. The Morgan fingerprint density at radius 1 is 1.25 bits per heavy atom. The van der Waals surface area contributed by atoms with Crippen LogP contribution in [0, 0.1) is 0 Å². The molecular formula is C15H12O5. The molecule has 1 aromatic carbocycles. The molecule has 0 aromatic heterocycles. The summed E-state index contributed by atoms with van der Waals surface area (Å²) in [5, 5.41) is 0. The van der Waals surface area contributed by atoms with E-state index in [0.29, 0.717) is 11.1 Å². The number of rotatable bonds is 1. The Kier molecular flexibility index (Phi) is 2.71. The van der Waals surface area contributed by atoms with Gasteiger partial charge in [-0.2, -0.15) is 0 Å². The largest absolute Gasteiger partial charge is 0.478 e. The summed E-state index contributed by atoms with van der Waals surface area (Å²) in [6, 6.07) is 6.61. The van der Waals surface area contributed by atoms with E-state index in [-0.39, 0.29) is 18.0 Å². The number of carbonyl (C=O) groups is 3. The fourth-order valence-electron chi connectivity index (χ4n) is 2.65. The van der Waals surface area contributed by atoms with Gasteiger partial charge in [-0.15, -0.1) is 0 Å². The predicted octanol–water partition coefficient (Wildman–Crippen LogP) is 1.67. The Balaban J connectivity index is 1.99. The first kappa shape index (κ1) is 12.6. The standard InChI is InChI=1S/C15H12O5/c1-9(16)20-10-6-7-19-15(8-10)13(17)11-4-2-3-5-12(11)14(15)18/h2-7,10H,8H2,1H3. The average Bonchev–Trinajstić information content (AvgIpc) is 2.62. The van der Waals surface area contributed by atoms with Crippen molar-refractivity contribution < 1.29 is 23.9 Å². The van der Waals surface area contributed by atoms with Crippen LogP contribution in [0.4, 0.5) is 0 Å². The van der Waals surface area contributed by atoms with Gasteiger partial charge in [-0.1, -0.05) is 24.3 Å². The van der Waals surface area contributed by atoms with E-state index >= 15 is 0 Å². The number of ether oxygens (including phenoxy) is 2. The average molecular weight is 272 g/mol. The molecule has 102 valence electrons. The van der Waals surface area contributed by atoms with E-state index < -0.39 is 17.7 Å². The second kappa shape index (κ2) is 4.30. The van der Waals surface area contributed by atoms with Crippen molar-refractivity contribution in [2.45, 2.75) is 25.0 Å². The molecule has 1 unspecified atom stereocenters. The quantitative estimate of drug-likeness (QED) is 0.574. The molecule has 5 heteroatoms. The number of fused-ring (bicyclic) bond motifs is 1.